The van der Waals surface area contributed by atoms with E-state index in [1.807, 2.05) is 25.1 Å². The van der Waals surface area contributed by atoms with Gasteiger partial charge in [-0.2, -0.15) is 0 Å². The van der Waals surface area contributed by atoms with Gasteiger partial charge in [0.15, 0.2) is 11.5 Å². The Morgan fingerprint density at radius 2 is 2.42 bits per heavy atom. The van der Waals surface area contributed by atoms with Gasteiger partial charge in [-0.25, -0.2) is 4.98 Å². The highest BCUT2D eigenvalue weighted by Crippen LogP contribution is 2.21. The Morgan fingerprint density at radius 3 is 3.21 bits per heavy atom. The summed E-state index contributed by atoms with van der Waals surface area (Å²) in [6, 6.07) is 5.53. The molecule has 0 bridgehead atoms. The highest BCUT2D eigenvalue weighted by Gasteiger charge is 2.20. The van der Waals surface area contributed by atoms with Crippen LogP contribution < -0.4 is 10.6 Å². The van der Waals surface area contributed by atoms with E-state index in [0.29, 0.717) is 5.89 Å². The molecule has 0 spiro atoms. The Hall–Kier alpha value is -1.88. The average Bonchev–Trinajstić information content (AvgIpc) is 2.79. The van der Waals surface area contributed by atoms with E-state index in [1.165, 1.54) is 0 Å². The van der Waals surface area contributed by atoms with Crippen LogP contribution in [-0.4, -0.2) is 24.0 Å². The first-order chi connectivity index (χ1) is 9.22. The second kappa shape index (κ2) is 5.01. The molecule has 1 saturated heterocycles. The van der Waals surface area contributed by atoms with Crippen molar-refractivity contribution in [1.29, 1.82) is 0 Å². The highest BCUT2D eigenvalue weighted by atomic mass is 16.3. The summed E-state index contributed by atoms with van der Waals surface area (Å²) in [5.74, 6) is 0.769. The summed E-state index contributed by atoms with van der Waals surface area (Å²) in [5.41, 5.74) is 2.29. The summed E-state index contributed by atoms with van der Waals surface area (Å²) >= 11 is 0. The zero-order valence-corrected chi connectivity index (χ0v) is 10.9. The van der Waals surface area contributed by atoms with Gasteiger partial charge in [0.25, 0.3) is 0 Å². The molecule has 0 unspecified atom stereocenters. The SMILES string of the molecule is Cc1nc2cc(NC(=O)[C@H]3CCCNC3)ccc2o1. The van der Waals surface area contributed by atoms with E-state index < -0.39 is 0 Å². The molecule has 2 aromatic rings. The maximum atomic E-state index is 12.1. The Kier molecular flexibility index (Phi) is 3.21. The fourth-order valence-electron chi connectivity index (χ4n) is 2.44. The molecule has 1 aliphatic heterocycles. The third-order valence-corrected chi connectivity index (χ3v) is 3.43. The Balaban J connectivity index is 1.74. The molecule has 0 aliphatic carbocycles. The molecule has 1 aromatic heterocycles. The molecule has 2 heterocycles. The lowest BCUT2D eigenvalue weighted by Gasteiger charge is -2.21. The summed E-state index contributed by atoms with van der Waals surface area (Å²) in [4.78, 5) is 16.4. The lowest BCUT2D eigenvalue weighted by molar-refractivity contribution is -0.120. The first kappa shape index (κ1) is 12.2. The van der Waals surface area contributed by atoms with Crippen molar-refractivity contribution >= 4 is 22.7 Å². The van der Waals surface area contributed by atoms with Crippen LogP contribution in [0.3, 0.4) is 0 Å². The third-order valence-electron chi connectivity index (χ3n) is 3.43. The number of amides is 1. The van der Waals surface area contributed by atoms with E-state index in [4.69, 9.17) is 4.42 Å². The van der Waals surface area contributed by atoms with Crippen molar-refractivity contribution < 1.29 is 9.21 Å². The van der Waals surface area contributed by atoms with Crippen LogP contribution in [0.1, 0.15) is 18.7 Å². The number of aryl methyl sites for hydroxylation is 1. The van der Waals surface area contributed by atoms with E-state index in [1.54, 1.807) is 0 Å². The zero-order valence-electron chi connectivity index (χ0n) is 10.9. The molecule has 5 heteroatoms. The molecular weight excluding hydrogens is 242 g/mol. The number of anilines is 1. The molecule has 0 radical (unpaired) electrons. The predicted molar refractivity (Wildman–Crippen MR) is 73.0 cm³/mol. The molecule has 1 aromatic carbocycles. The molecule has 2 N–H and O–H groups in total. The van der Waals surface area contributed by atoms with E-state index >= 15 is 0 Å². The van der Waals surface area contributed by atoms with Gasteiger partial charge in [0, 0.05) is 19.2 Å². The second-order valence-corrected chi connectivity index (χ2v) is 4.95. The molecule has 19 heavy (non-hydrogen) atoms. The molecule has 1 aliphatic rings. The average molecular weight is 259 g/mol. The monoisotopic (exact) mass is 259 g/mol. The maximum Gasteiger partial charge on any atom is 0.228 e. The van der Waals surface area contributed by atoms with Gasteiger partial charge >= 0.3 is 0 Å². The fourth-order valence-corrected chi connectivity index (χ4v) is 2.44. The summed E-state index contributed by atoms with van der Waals surface area (Å²) in [6.07, 6.45) is 2.00. The molecule has 3 rings (SSSR count). The topological polar surface area (TPSA) is 67.2 Å². The number of nitrogens with one attached hydrogen (secondary N) is 2. The fraction of sp³-hybridized carbons (Fsp3) is 0.429. The molecule has 1 amide bonds. The van der Waals surface area contributed by atoms with Crippen LogP contribution in [0.15, 0.2) is 22.6 Å². The largest absolute Gasteiger partial charge is 0.441 e. The number of hydrogen-bond donors (Lipinski definition) is 2. The van der Waals surface area contributed by atoms with Gasteiger partial charge in [-0.05, 0) is 37.6 Å². The van der Waals surface area contributed by atoms with Gasteiger partial charge in [0.1, 0.15) is 5.52 Å². The molecule has 100 valence electrons. The lowest BCUT2D eigenvalue weighted by atomic mass is 9.99. The first-order valence-electron chi connectivity index (χ1n) is 6.61. The number of fused-ring (bicyclic) bond motifs is 1. The van der Waals surface area contributed by atoms with E-state index in [0.717, 1.165) is 42.7 Å². The van der Waals surface area contributed by atoms with Crippen molar-refractivity contribution in [2.45, 2.75) is 19.8 Å². The Labute approximate surface area is 111 Å². The number of rotatable bonds is 2. The molecule has 1 atom stereocenters. The van der Waals surface area contributed by atoms with Crippen molar-refractivity contribution in [1.82, 2.24) is 10.3 Å². The Bertz CT molecular complexity index is 600. The van der Waals surface area contributed by atoms with Crippen LogP contribution >= 0.6 is 0 Å². The molecule has 5 nitrogen and oxygen atoms in total. The smallest absolute Gasteiger partial charge is 0.228 e. The second-order valence-electron chi connectivity index (χ2n) is 4.95. The minimum absolute atomic E-state index is 0.0588. The van der Waals surface area contributed by atoms with Gasteiger partial charge in [0.05, 0.1) is 5.92 Å². The highest BCUT2D eigenvalue weighted by molar-refractivity contribution is 5.94. The van der Waals surface area contributed by atoms with Crippen molar-refractivity contribution in [2.24, 2.45) is 5.92 Å². The summed E-state index contributed by atoms with van der Waals surface area (Å²) in [5, 5.41) is 6.20. The summed E-state index contributed by atoms with van der Waals surface area (Å²) < 4.78 is 5.41. The number of carbonyl (C=O) groups is 1. The van der Waals surface area contributed by atoms with Gasteiger partial charge in [-0.1, -0.05) is 0 Å². The van der Waals surface area contributed by atoms with Crippen LogP contribution in [-0.2, 0) is 4.79 Å². The number of piperidine rings is 1. The van der Waals surface area contributed by atoms with E-state index in [2.05, 4.69) is 15.6 Å². The van der Waals surface area contributed by atoms with Crippen LogP contribution in [0.2, 0.25) is 0 Å². The maximum absolute atomic E-state index is 12.1. The zero-order chi connectivity index (χ0) is 13.2. The number of nitrogens with zero attached hydrogens (tertiary/aromatic N) is 1. The molecule has 1 fully saturated rings. The van der Waals surface area contributed by atoms with Crippen molar-refractivity contribution in [3.63, 3.8) is 0 Å². The third kappa shape index (κ3) is 2.61. The quantitative estimate of drug-likeness (QED) is 0.866. The number of aromatic nitrogens is 1. The predicted octanol–water partition coefficient (Wildman–Crippen LogP) is 2.07. The molecular formula is C14H17N3O2. The minimum atomic E-state index is 0.0588. The standard InChI is InChI=1S/C14H17N3O2/c1-9-16-12-7-11(4-5-13(12)19-9)17-14(18)10-3-2-6-15-8-10/h4-5,7,10,15H,2-3,6,8H2,1H3,(H,17,18)/t10-/m0/s1. The number of carbonyl (C=O) groups excluding carboxylic acids is 1. The first-order valence-corrected chi connectivity index (χ1v) is 6.61. The molecule has 0 saturated carbocycles. The van der Waals surface area contributed by atoms with Crippen molar-refractivity contribution in [3.05, 3.63) is 24.1 Å². The van der Waals surface area contributed by atoms with Gasteiger partial charge < -0.3 is 15.1 Å². The lowest BCUT2D eigenvalue weighted by Crippen LogP contribution is -2.37. The van der Waals surface area contributed by atoms with Gasteiger partial charge in [0.2, 0.25) is 5.91 Å². The summed E-state index contributed by atoms with van der Waals surface area (Å²) in [7, 11) is 0. The van der Waals surface area contributed by atoms with E-state index in [9.17, 15) is 4.79 Å². The van der Waals surface area contributed by atoms with Crippen LogP contribution in [0.5, 0.6) is 0 Å². The number of hydrogen-bond acceptors (Lipinski definition) is 4. The number of benzene rings is 1. The van der Waals surface area contributed by atoms with Crippen molar-refractivity contribution in [2.75, 3.05) is 18.4 Å². The minimum Gasteiger partial charge on any atom is -0.441 e. The number of oxazole rings is 1. The van der Waals surface area contributed by atoms with Gasteiger partial charge in [-0.3, -0.25) is 4.79 Å². The Morgan fingerprint density at radius 1 is 1.53 bits per heavy atom. The van der Waals surface area contributed by atoms with Crippen LogP contribution in [0.25, 0.3) is 11.1 Å². The van der Waals surface area contributed by atoms with Crippen LogP contribution in [0, 0.1) is 12.8 Å². The van der Waals surface area contributed by atoms with Crippen molar-refractivity contribution in [3.8, 4) is 0 Å². The summed E-state index contributed by atoms with van der Waals surface area (Å²) in [6.45, 7) is 3.58. The normalized spacial score (nSPS) is 19.5. The van der Waals surface area contributed by atoms with Gasteiger partial charge in [-0.15, -0.1) is 0 Å². The van der Waals surface area contributed by atoms with E-state index in [-0.39, 0.29) is 11.8 Å². The van der Waals surface area contributed by atoms with Crippen LogP contribution in [0.4, 0.5) is 5.69 Å².